The molecule has 0 radical (unpaired) electrons. The first-order chi connectivity index (χ1) is 8.76. The van der Waals surface area contributed by atoms with Crippen molar-refractivity contribution in [3.8, 4) is 0 Å². The van der Waals surface area contributed by atoms with E-state index in [1.54, 1.807) is 25.5 Å². The topological polar surface area (TPSA) is 65.5 Å². The van der Waals surface area contributed by atoms with Crippen LogP contribution in [-0.2, 0) is 0 Å². The molecule has 2 rings (SSSR count). The van der Waals surface area contributed by atoms with E-state index in [0.717, 1.165) is 18.5 Å². The summed E-state index contributed by atoms with van der Waals surface area (Å²) in [6, 6.07) is 1.80. The van der Waals surface area contributed by atoms with Gasteiger partial charge < -0.3 is 15.3 Å². The van der Waals surface area contributed by atoms with Crippen LogP contribution in [0.2, 0.25) is 0 Å². The molecule has 0 saturated carbocycles. The van der Waals surface area contributed by atoms with E-state index in [4.69, 9.17) is 5.11 Å². The van der Waals surface area contributed by atoms with Gasteiger partial charge in [0.25, 0.3) is 5.91 Å². The Hall–Kier alpha value is -1.62. The standard InChI is InChI=1S/C13H19N3O2/c1-14-12-2-5-15-8-11(12)13(18)16-6-3-10(9-17)4-7-16/h2,5,8,10,17H,3-4,6-7,9H2,1H3,(H,14,15). The average molecular weight is 249 g/mol. The van der Waals surface area contributed by atoms with E-state index in [1.807, 2.05) is 4.90 Å². The number of aliphatic hydroxyl groups is 1. The third-order valence-electron chi connectivity index (χ3n) is 3.48. The number of hydrogen-bond donors (Lipinski definition) is 2. The highest BCUT2D eigenvalue weighted by molar-refractivity contribution is 5.99. The lowest BCUT2D eigenvalue weighted by molar-refractivity contribution is 0.0651. The van der Waals surface area contributed by atoms with E-state index in [2.05, 4.69) is 10.3 Å². The zero-order valence-corrected chi connectivity index (χ0v) is 10.6. The van der Waals surface area contributed by atoms with E-state index in [9.17, 15) is 4.79 Å². The number of amides is 1. The van der Waals surface area contributed by atoms with Gasteiger partial charge in [-0.15, -0.1) is 0 Å². The molecule has 0 atom stereocenters. The van der Waals surface area contributed by atoms with Gasteiger partial charge in [-0.05, 0) is 24.8 Å². The fraction of sp³-hybridized carbons (Fsp3) is 0.538. The van der Waals surface area contributed by atoms with Gasteiger partial charge in [-0.3, -0.25) is 9.78 Å². The van der Waals surface area contributed by atoms with Crippen LogP contribution in [0.3, 0.4) is 0 Å². The number of nitrogens with zero attached hydrogens (tertiary/aromatic N) is 2. The lowest BCUT2D eigenvalue weighted by atomic mass is 9.97. The summed E-state index contributed by atoms with van der Waals surface area (Å²) >= 11 is 0. The Bertz CT molecular complexity index is 414. The van der Waals surface area contributed by atoms with Gasteiger partial charge in [-0.2, -0.15) is 0 Å². The Balaban J connectivity index is 2.08. The van der Waals surface area contributed by atoms with Crippen LogP contribution in [0.15, 0.2) is 18.5 Å². The smallest absolute Gasteiger partial charge is 0.257 e. The number of pyridine rings is 1. The molecule has 0 aliphatic carbocycles. The predicted octanol–water partition coefficient (Wildman–Crippen LogP) is 0.968. The molecule has 18 heavy (non-hydrogen) atoms. The first-order valence-corrected chi connectivity index (χ1v) is 6.28. The number of carbonyl (C=O) groups is 1. The van der Waals surface area contributed by atoms with Gasteiger partial charge in [-0.25, -0.2) is 0 Å². The number of aliphatic hydroxyl groups excluding tert-OH is 1. The zero-order valence-electron chi connectivity index (χ0n) is 10.6. The van der Waals surface area contributed by atoms with E-state index < -0.39 is 0 Å². The van der Waals surface area contributed by atoms with Crippen molar-refractivity contribution >= 4 is 11.6 Å². The van der Waals surface area contributed by atoms with Gasteiger partial charge in [0.05, 0.1) is 5.56 Å². The average Bonchev–Trinajstić information content (AvgIpc) is 2.46. The third-order valence-corrected chi connectivity index (χ3v) is 3.48. The predicted molar refractivity (Wildman–Crippen MR) is 69.5 cm³/mol. The Morgan fingerprint density at radius 2 is 2.28 bits per heavy atom. The molecule has 2 N–H and O–H groups in total. The molecule has 1 fully saturated rings. The molecule has 0 bridgehead atoms. The first-order valence-electron chi connectivity index (χ1n) is 6.28. The lowest BCUT2D eigenvalue weighted by Crippen LogP contribution is -2.39. The second kappa shape index (κ2) is 5.82. The van der Waals surface area contributed by atoms with Crippen molar-refractivity contribution < 1.29 is 9.90 Å². The minimum atomic E-state index is 0.0174. The number of likely N-dealkylation sites (tertiary alicyclic amines) is 1. The Morgan fingerprint density at radius 3 is 2.89 bits per heavy atom. The molecule has 1 aromatic heterocycles. The maximum absolute atomic E-state index is 12.4. The molecular weight excluding hydrogens is 230 g/mol. The van der Waals surface area contributed by atoms with Crippen molar-refractivity contribution in [2.24, 2.45) is 5.92 Å². The number of piperidine rings is 1. The molecule has 0 spiro atoms. The second-order valence-corrected chi connectivity index (χ2v) is 4.59. The summed E-state index contributed by atoms with van der Waals surface area (Å²) in [5, 5.41) is 12.1. The Labute approximate surface area is 107 Å². The molecule has 1 aliphatic heterocycles. The highest BCUT2D eigenvalue weighted by Gasteiger charge is 2.24. The van der Waals surface area contributed by atoms with Crippen molar-refractivity contribution in [2.45, 2.75) is 12.8 Å². The van der Waals surface area contributed by atoms with E-state index in [-0.39, 0.29) is 12.5 Å². The zero-order chi connectivity index (χ0) is 13.0. The van der Waals surface area contributed by atoms with Crippen LogP contribution in [0, 0.1) is 5.92 Å². The first kappa shape index (κ1) is 12.8. The minimum Gasteiger partial charge on any atom is -0.396 e. The molecule has 1 saturated heterocycles. The van der Waals surface area contributed by atoms with Gasteiger partial charge in [0.1, 0.15) is 0 Å². The Kier molecular flexibility index (Phi) is 4.15. The van der Waals surface area contributed by atoms with Crippen LogP contribution >= 0.6 is 0 Å². The summed E-state index contributed by atoms with van der Waals surface area (Å²) in [5.74, 6) is 0.357. The van der Waals surface area contributed by atoms with Crippen LogP contribution in [0.5, 0.6) is 0 Å². The largest absolute Gasteiger partial charge is 0.396 e. The molecule has 5 heteroatoms. The maximum Gasteiger partial charge on any atom is 0.257 e. The van der Waals surface area contributed by atoms with Gasteiger partial charge in [-0.1, -0.05) is 0 Å². The summed E-state index contributed by atoms with van der Waals surface area (Å²) < 4.78 is 0. The summed E-state index contributed by atoms with van der Waals surface area (Å²) in [7, 11) is 1.80. The molecule has 2 heterocycles. The number of aromatic nitrogens is 1. The molecule has 1 aromatic rings. The van der Waals surface area contributed by atoms with Crippen molar-refractivity contribution in [3.63, 3.8) is 0 Å². The van der Waals surface area contributed by atoms with Crippen molar-refractivity contribution in [2.75, 3.05) is 32.1 Å². The molecular formula is C13H19N3O2. The highest BCUT2D eigenvalue weighted by atomic mass is 16.3. The van der Waals surface area contributed by atoms with Gasteiger partial charge in [0.2, 0.25) is 0 Å². The third kappa shape index (κ3) is 2.61. The summed E-state index contributed by atoms with van der Waals surface area (Å²) in [5.41, 5.74) is 1.42. The van der Waals surface area contributed by atoms with Crippen LogP contribution in [0.4, 0.5) is 5.69 Å². The van der Waals surface area contributed by atoms with Crippen LogP contribution in [0.1, 0.15) is 23.2 Å². The van der Waals surface area contributed by atoms with E-state index in [1.165, 1.54) is 0 Å². The van der Waals surface area contributed by atoms with Crippen LogP contribution in [-0.4, -0.2) is 47.6 Å². The fourth-order valence-corrected chi connectivity index (χ4v) is 2.27. The summed E-state index contributed by atoms with van der Waals surface area (Å²) in [6.07, 6.45) is 5.02. The van der Waals surface area contributed by atoms with Gasteiger partial charge >= 0.3 is 0 Å². The van der Waals surface area contributed by atoms with Crippen LogP contribution in [0.25, 0.3) is 0 Å². The molecule has 0 aromatic carbocycles. The fourth-order valence-electron chi connectivity index (χ4n) is 2.27. The summed E-state index contributed by atoms with van der Waals surface area (Å²) in [4.78, 5) is 18.2. The summed E-state index contributed by atoms with van der Waals surface area (Å²) in [6.45, 7) is 1.64. The normalized spacial score (nSPS) is 16.7. The quantitative estimate of drug-likeness (QED) is 0.837. The van der Waals surface area contributed by atoms with Crippen LogP contribution < -0.4 is 5.32 Å². The van der Waals surface area contributed by atoms with Crippen molar-refractivity contribution in [3.05, 3.63) is 24.0 Å². The molecule has 1 aliphatic rings. The Morgan fingerprint density at radius 1 is 1.56 bits per heavy atom. The molecule has 5 nitrogen and oxygen atoms in total. The number of nitrogens with one attached hydrogen (secondary N) is 1. The van der Waals surface area contributed by atoms with E-state index >= 15 is 0 Å². The monoisotopic (exact) mass is 249 g/mol. The SMILES string of the molecule is CNc1ccncc1C(=O)N1CCC(CO)CC1. The highest BCUT2D eigenvalue weighted by Crippen LogP contribution is 2.21. The van der Waals surface area contributed by atoms with Gasteiger partial charge in [0, 0.05) is 44.8 Å². The molecule has 98 valence electrons. The maximum atomic E-state index is 12.4. The lowest BCUT2D eigenvalue weighted by Gasteiger charge is -2.31. The van der Waals surface area contributed by atoms with Crippen molar-refractivity contribution in [1.82, 2.24) is 9.88 Å². The minimum absolute atomic E-state index is 0.0174. The number of anilines is 1. The van der Waals surface area contributed by atoms with Crippen molar-refractivity contribution in [1.29, 1.82) is 0 Å². The number of rotatable bonds is 3. The van der Waals surface area contributed by atoms with E-state index in [0.29, 0.717) is 24.6 Å². The molecule has 1 amide bonds. The number of carbonyl (C=O) groups excluding carboxylic acids is 1. The number of hydrogen-bond acceptors (Lipinski definition) is 4. The second-order valence-electron chi connectivity index (χ2n) is 4.59. The molecule has 0 unspecified atom stereocenters. The van der Waals surface area contributed by atoms with Gasteiger partial charge in [0.15, 0.2) is 0 Å².